The minimum absolute atomic E-state index is 0.399. The van der Waals surface area contributed by atoms with E-state index >= 15 is 0 Å². The second kappa shape index (κ2) is 3.55. The van der Waals surface area contributed by atoms with Gasteiger partial charge >= 0.3 is 0 Å². The number of likely N-dealkylation sites (N-methyl/N-ethyl adjacent to an activating group) is 1. The fraction of sp³-hybridized carbons (Fsp3) is 0.857. The van der Waals surface area contributed by atoms with Crippen molar-refractivity contribution in [3.63, 3.8) is 0 Å². The highest BCUT2D eigenvalue weighted by atomic mass is 15.2. The SMILES string of the molecule is [C-]#[N+]C[C@H]1CN(C)CCN1. The molecule has 1 aliphatic rings. The average molecular weight is 139 g/mol. The summed E-state index contributed by atoms with van der Waals surface area (Å²) >= 11 is 0. The molecule has 3 heteroatoms. The lowest BCUT2D eigenvalue weighted by molar-refractivity contribution is 0.246. The van der Waals surface area contributed by atoms with Crippen LogP contribution in [0.1, 0.15) is 0 Å². The Kier molecular flexibility index (Phi) is 2.67. The van der Waals surface area contributed by atoms with E-state index in [1.807, 2.05) is 0 Å². The van der Waals surface area contributed by atoms with Crippen LogP contribution in [0.2, 0.25) is 0 Å². The first-order valence-corrected chi connectivity index (χ1v) is 3.58. The highest BCUT2D eigenvalue weighted by Gasteiger charge is 2.17. The molecule has 56 valence electrons. The number of hydrogen-bond acceptors (Lipinski definition) is 2. The maximum atomic E-state index is 6.67. The number of nitrogens with one attached hydrogen (secondary N) is 1. The Morgan fingerprint density at radius 1 is 1.80 bits per heavy atom. The van der Waals surface area contributed by atoms with Crippen LogP contribution in [-0.4, -0.2) is 44.2 Å². The molecule has 0 amide bonds. The molecule has 1 heterocycles. The third-order valence-corrected chi connectivity index (χ3v) is 1.77. The van der Waals surface area contributed by atoms with Crippen molar-refractivity contribution in [3.05, 3.63) is 11.4 Å². The Morgan fingerprint density at radius 2 is 2.60 bits per heavy atom. The lowest BCUT2D eigenvalue weighted by atomic mass is 10.2. The van der Waals surface area contributed by atoms with Crippen LogP contribution >= 0.6 is 0 Å². The summed E-state index contributed by atoms with van der Waals surface area (Å²) in [4.78, 5) is 5.61. The van der Waals surface area contributed by atoms with Gasteiger partial charge in [0, 0.05) is 19.6 Å². The fourth-order valence-electron chi connectivity index (χ4n) is 1.22. The predicted molar refractivity (Wildman–Crippen MR) is 40.8 cm³/mol. The van der Waals surface area contributed by atoms with E-state index in [9.17, 15) is 0 Å². The average Bonchev–Trinajstić information content (AvgIpc) is 1.88. The first kappa shape index (κ1) is 7.52. The molecule has 0 unspecified atom stereocenters. The van der Waals surface area contributed by atoms with E-state index in [1.165, 1.54) is 0 Å². The normalized spacial score (nSPS) is 27.8. The van der Waals surface area contributed by atoms with Crippen molar-refractivity contribution in [3.8, 4) is 0 Å². The monoisotopic (exact) mass is 139 g/mol. The summed E-state index contributed by atoms with van der Waals surface area (Å²) in [7, 11) is 2.10. The molecule has 0 aliphatic carbocycles. The van der Waals surface area contributed by atoms with E-state index in [0.29, 0.717) is 12.6 Å². The lowest BCUT2D eigenvalue weighted by Crippen LogP contribution is -2.50. The standard InChI is InChI=1S/C7H13N3/c1-8-5-7-6-10(2)4-3-9-7/h7,9H,3-6H2,2H3/t7-/m0/s1. The molecule has 0 aromatic rings. The van der Waals surface area contributed by atoms with Crippen LogP contribution in [0.4, 0.5) is 0 Å². The Labute approximate surface area is 61.8 Å². The van der Waals surface area contributed by atoms with Crippen LogP contribution in [0, 0.1) is 6.57 Å². The van der Waals surface area contributed by atoms with Crippen LogP contribution in [-0.2, 0) is 0 Å². The van der Waals surface area contributed by atoms with Gasteiger partial charge in [0.2, 0.25) is 6.54 Å². The number of hydrogen-bond donors (Lipinski definition) is 1. The number of nitrogens with zero attached hydrogens (tertiary/aromatic N) is 2. The molecule has 0 aromatic carbocycles. The zero-order valence-corrected chi connectivity index (χ0v) is 6.30. The molecule has 1 saturated heterocycles. The molecule has 1 aliphatic heterocycles. The summed E-state index contributed by atoms with van der Waals surface area (Å²) in [6.07, 6.45) is 0. The highest BCUT2D eigenvalue weighted by molar-refractivity contribution is 4.82. The minimum atomic E-state index is 0.399. The van der Waals surface area contributed by atoms with Gasteiger partial charge in [-0.3, -0.25) is 0 Å². The van der Waals surface area contributed by atoms with Crippen molar-refractivity contribution in [1.29, 1.82) is 0 Å². The first-order valence-electron chi connectivity index (χ1n) is 3.58. The summed E-state index contributed by atoms with van der Waals surface area (Å²) in [5.74, 6) is 0. The summed E-state index contributed by atoms with van der Waals surface area (Å²) in [5.41, 5.74) is 0. The smallest absolute Gasteiger partial charge is 0.231 e. The van der Waals surface area contributed by atoms with Gasteiger partial charge in [0.15, 0.2) is 0 Å². The summed E-state index contributed by atoms with van der Waals surface area (Å²) in [5, 5.41) is 3.30. The van der Waals surface area contributed by atoms with Crippen LogP contribution in [0.3, 0.4) is 0 Å². The van der Waals surface area contributed by atoms with Crippen molar-refractivity contribution >= 4 is 0 Å². The Hall–Kier alpha value is -0.590. The van der Waals surface area contributed by atoms with E-state index in [2.05, 4.69) is 22.1 Å². The molecule has 1 N–H and O–H groups in total. The van der Waals surface area contributed by atoms with E-state index < -0.39 is 0 Å². The van der Waals surface area contributed by atoms with Gasteiger partial charge in [-0.05, 0) is 7.05 Å². The molecule has 0 bridgehead atoms. The molecule has 3 nitrogen and oxygen atoms in total. The summed E-state index contributed by atoms with van der Waals surface area (Å²) < 4.78 is 0. The maximum absolute atomic E-state index is 6.67. The van der Waals surface area contributed by atoms with Crippen molar-refractivity contribution in [2.24, 2.45) is 0 Å². The quantitative estimate of drug-likeness (QED) is 0.508. The van der Waals surface area contributed by atoms with Crippen LogP contribution in [0.25, 0.3) is 4.85 Å². The Balaban J connectivity index is 2.27. The van der Waals surface area contributed by atoms with Gasteiger partial charge in [0.25, 0.3) is 0 Å². The van der Waals surface area contributed by atoms with Gasteiger partial charge in [-0.25, -0.2) is 6.57 Å². The van der Waals surface area contributed by atoms with Gasteiger partial charge < -0.3 is 15.1 Å². The third-order valence-electron chi connectivity index (χ3n) is 1.77. The van der Waals surface area contributed by atoms with E-state index in [-0.39, 0.29) is 0 Å². The molecule has 1 rings (SSSR count). The zero-order valence-electron chi connectivity index (χ0n) is 6.30. The van der Waals surface area contributed by atoms with Crippen LogP contribution in [0.15, 0.2) is 0 Å². The fourth-order valence-corrected chi connectivity index (χ4v) is 1.22. The van der Waals surface area contributed by atoms with Crippen LogP contribution < -0.4 is 5.32 Å². The molecule has 0 spiro atoms. The van der Waals surface area contributed by atoms with Crippen molar-refractivity contribution < 1.29 is 0 Å². The highest BCUT2D eigenvalue weighted by Crippen LogP contribution is 1.95. The molecule has 0 saturated carbocycles. The molecule has 1 atom stereocenters. The molecular weight excluding hydrogens is 126 g/mol. The second-order valence-electron chi connectivity index (χ2n) is 2.75. The summed E-state index contributed by atoms with van der Waals surface area (Å²) in [6.45, 7) is 10.4. The van der Waals surface area contributed by atoms with Gasteiger partial charge in [-0.2, -0.15) is 0 Å². The topological polar surface area (TPSA) is 19.6 Å². The van der Waals surface area contributed by atoms with Crippen LogP contribution in [0.5, 0.6) is 0 Å². The molecule has 0 aromatic heterocycles. The maximum Gasteiger partial charge on any atom is 0.231 e. The van der Waals surface area contributed by atoms with E-state index in [4.69, 9.17) is 6.57 Å². The second-order valence-corrected chi connectivity index (χ2v) is 2.75. The first-order chi connectivity index (χ1) is 4.83. The Morgan fingerprint density at radius 3 is 3.20 bits per heavy atom. The summed E-state index contributed by atoms with van der Waals surface area (Å²) in [6, 6.07) is 0.399. The van der Waals surface area contributed by atoms with Gasteiger partial charge in [0.1, 0.15) is 0 Å². The van der Waals surface area contributed by atoms with E-state index in [1.54, 1.807) is 0 Å². The predicted octanol–water partition coefficient (Wildman–Crippen LogP) is -0.191. The Bertz CT molecular complexity index is 138. The molecule has 1 fully saturated rings. The van der Waals surface area contributed by atoms with E-state index in [0.717, 1.165) is 19.6 Å². The number of piperazine rings is 1. The van der Waals surface area contributed by atoms with Gasteiger partial charge in [-0.1, -0.05) is 0 Å². The minimum Gasteiger partial charge on any atom is -0.315 e. The zero-order chi connectivity index (χ0) is 7.40. The van der Waals surface area contributed by atoms with Crippen molar-refractivity contribution in [1.82, 2.24) is 10.2 Å². The third kappa shape index (κ3) is 1.98. The molecule has 10 heavy (non-hydrogen) atoms. The lowest BCUT2D eigenvalue weighted by Gasteiger charge is -2.27. The van der Waals surface area contributed by atoms with Gasteiger partial charge in [0.05, 0.1) is 6.04 Å². The molecule has 0 radical (unpaired) electrons. The molecular formula is C7H13N3. The van der Waals surface area contributed by atoms with Crippen molar-refractivity contribution in [2.75, 3.05) is 33.2 Å². The largest absolute Gasteiger partial charge is 0.315 e. The van der Waals surface area contributed by atoms with Gasteiger partial charge in [-0.15, -0.1) is 0 Å². The van der Waals surface area contributed by atoms with Crippen molar-refractivity contribution in [2.45, 2.75) is 6.04 Å². The number of rotatable bonds is 1.